The molecule has 1 aromatic rings. The molecule has 0 saturated heterocycles. The van der Waals surface area contributed by atoms with Crippen molar-refractivity contribution in [3.05, 3.63) is 42.5 Å². The van der Waals surface area contributed by atoms with Gasteiger partial charge in [-0.3, -0.25) is 4.79 Å². The third-order valence-electron chi connectivity index (χ3n) is 2.82. The maximum Gasteiger partial charge on any atom is 0.254 e. The summed E-state index contributed by atoms with van der Waals surface area (Å²) in [6, 6.07) is 7.61. The monoisotopic (exact) mass is 261 g/mol. The lowest BCUT2D eigenvalue weighted by Crippen LogP contribution is -2.42. The van der Waals surface area contributed by atoms with E-state index >= 15 is 0 Å². The minimum atomic E-state index is 0.0558. The van der Waals surface area contributed by atoms with E-state index in [0.717, 1.165) is 5.75 Å². The number of hydrogen-bond acceptors (Lipinski definition) is 2. The predicted molar refractivity (Wildman–Crippen MR) is 78.6 cm³/mol. The summed E-state index contributed by atoms with van der Waals surface area (Å²) in [4.78, 5) is 14.3. The highest BCUT2D eigenvalue weighted by atomic mass is 16.5. The standard InChI is InChI=1S/C16H23NO2/c1-6-11-19-15-9-7-14(8-10-15)16(18)17(12(2)3)13(4)5/h6-10,12-13H,1,11H2,2-5H3. The summed E-state index contributed by atoms with van der Waals surface area (Å²) in [5.41, 5.74) is 0.688. The van der Waals surface area contributed by atoms with Gasteiger partial charge in [0.2, 0.25) is 0 Å². The van der Waals surface area contributed by atoms with Crippen LogP contribution in [0.25, 0.3) is 0 Å². The Morgan fingerprint density at radius 3 is 2.16 bits per heavy atom. The fraction of sp³-hybridized carbons (Fsp3) is 0.438. The van der Waals surface area contributed by atoms with E-state index in [2.05, 4.69) is 6.58 Å². The zero-order valence-corrected chi connectivity index (χ0v) is 12.2. The Bertz CT molecular complexity index is 413. The number of ether oxygens (including phenoxy) is 1. The van der Waals surface area contributed by atoms with Crippen molar-refractivity contribution in [1.29, 1.82) is 0 Å². The molecule has 104 valence electrons. The van der Waals surface area contributed by atoms with Gasteiger partial charge in [-0.05, 0) is 52.0 Å². The zero-order chi connectivity index (χ0) is 14.4. The van der Waals surface area contributed by atoms with Crippen molar-refractivity contribution >= 4 is 5.91 Å². The quantitative estimate of drug-likeness (QED) is 0.733. The average Bonchev–Trinajstić information content (AvgIpc) is 2.36. The van der Waals surface area contributed by atoms with Crippen LogP contribution in [0, 0.1) is 0 Å². The third-order valence-corrected chi connectivity index (χ3v) is 2.82. The Morgan fingerprint density at radius 2 is 1.74 bits per heavy atom. The third kappa shape index (κ3) is 4.12. The van der Waals surface area contributed by atoms with Gasteiger partial charge in [0.15, 0.2) is 0 Å². The molecule has 0 atom stereocenters. The molecule has 0 radical (unpaired) electrons. The molecule has 1 rings (SSSR count). The molecular weight excluding hydrogens is 238 g/mol. The number of benzene rings is 1. The van der Waals surface area contributed by atoms with Crippen molar-refractivity contribution in [2.45, 2.75) is 39.8 Å². The van der Waals surface area contributed by atoms with Crippen LogP contribution in [0.2, 0.25) is 0 Å². The van der Waals surface area contributed by atoms with Gasteiger partial charge in [0.05, 0.1) is 0 Å². The van der Waals surface area contributed by atoms with E-state index in [1.165, 1.54) is 0 Å². The molecule has 3 heteroatoms. The van der Waals surface area contributed by atoms with Crippen LogP contribution in [0.15, 0.2) is 36.9 Å². The van der Waals surface area contributed by atoms with Crippen molar-refractivity contribution < 1.29 is 9.53 Å². The number of carbonyl (C=O) groups is 1. The first-order valence-corrected chi connectivity index (χ1v) is 6.63. The topological polar surface area (TPSA) is 29.5 Å². The second-order valence-corrected chi connectivity index (χ2v) is 5.02. The molecule has 19 heavy (non-hydrogen) atoms. The van der Waals surface area contributed by atoms with Gasteiger partial charge >= 0.3 is 0 Å². The first-order chi connectivity index (χ1) is 8.97. The SMILES string of the molecule is C=CCOc1ccc(C(=O)N(C(C)C)C(C)C)cc1. The van der Waals surface area contributed by atoms with Crippen LogP contribution >= 0.6 is 0 Å². The molecule has 0 heterocycles. The van der Waals surface area contributed by atoms with Gasteiger partial charge in [0, 0.05) is 17.6 Å². The fourth-order valence-electron chi connectivity index (χ4n) is 2.06. The lowest BCUT2D eigenvalue weighted by molar-refractivity contribution is 0.0643. The molecule has 0 aliphatic heterocycles. The van der Waals surface area contributed by atoms with E-state index in [-0.39, 0.29) is 18.0 Å². The van der Waals surface area contributed by atoms with E-state index in [0.29, 0.717) is 12.2 Å². The largest absolute Gasteiger partial charge is 0.490 e. The molecule has 0 aliphatic carbocycles. The highest BCUT2D eigenvalue weighted by Gasteiger charge is 2.21. The summed E-state index contributed by atoms with van der Waals surface area (Å²) in [6.07, 6.45) is 1.69. The Hall–Kier alpha value is -1.77. The van der Waals surface area contributed by atoms with Crippen LogP contribution in [0.1, 0.15) is 38.1 Å². The molecule has 0 unspecified atom stereocenters. The summed E-state index contributed by atoms with van der Waals surface area (Å²) in [6.45, 7) is 12.2. The number of nitrogens with zero attached hydrogens (tertiary/aromatic N) is 1. The summed E-state index contributed by atoms with van der Waals surface area (Å²) in [5, 5.41) is 0. The predicted octanol–water partition coefficient (Wildman–Crippen LogP) is 3.51. The molecule has 0 aromatic heterocycles. The van der Waals surface area contributed by atoms with E-state index in [4.69, 9.17) is 4.74 Å². The van der Waals surface area contributed by atoms with Crippen molar-refractivity contribution in [1.82, 2.24) is 4.90 Å². The Balaban J connectivity index is 2.84. The van der Waals surface area contributed by atoms with Crippen LogP contribution in [-0.2, 0) is 0 Å². The second kappa shape index (κ2) is 6.98. The molecule has 1 aromatic carbocycles. The molecule has 1 amide bonds. The molecule has 0 N–H and O–H groups in total. The van der Waals surface area contributed by atoms with Gasteiger partial charge < -0.3 is 9.64 Å². The molecule has 0 aliphatic rings. The first-order valence-electron chi connectivity index (χ1n) is 6.63. The number of rotatable bonds is 6. The highest BCUT2D eigenvalue weighted by Crippen LogP contribution is 2.16. The Morgan fingerprint density at radius 1 is 1.21 bits per heavy atom. The zero-order valence-electron chi connectivity index (χ0n) is 12.2. The van der Waals surface area contributed by atoms with Crippen LogP contribution in [-0.4, -0.2) is 29.5 Å². The number of hydrogen-bond donors (Lipinski definition) is 0. The van der Waals surface area contributed by atoms with Crippen LogP contribution in [0.5, 0.6) is 5.75 Å². The second-order valence-electron chi connectivity index (χ2n) is 5.02. The minimum absolute atomic E-state index is 0.0558. The van der Waals surface area contributed by atoms with E-state index in [1.807, 2.05) is 44.7 Å². The summed E-state index contributed by atoms with van der Waals surface area (Å²) >= 11 is 0. The van der Waals surface area contributed by atoms with Gasteiger partial charge in [-0.1, -0.05) is 12.7 Å². The van der Waals surface area contributed by atoms with Crippen LogP contribution < -0.4 is 4.74 Å². The van der Waals surface area contributed by atoms with E-state index < -0.39 is 0 Å². The lowest BCUT2D eigenvalue weighted by Gasteiger charge is -2.30. The smallest absolute Gasteiger partial charge is 0.254 e. The van der Waals surface area contributed by atoms with Crippen molar-refractivity contribution in [3.63, 3.8) is 0 Å². The van der Waals surface area contributed by atoms with Gasteiger partial charge in [-0.15, -0.1) is 0 Å². The average molecular weight is 261 g/mol. The molecular formula is C16H23NO2. The van der Waals surface area contributed by atoms with Crippen molar-refractivity contribution in [3.8, 4) is 5.75 Å². The molecule has 3 nitrogen and oxygen atoms in total. The lowest BCUT2D eigenvalue weighted by atomic mass is 10.1. The van der Waals surface area contributed by atoms with Gasteiger partial charge in [-0.25, -0.2) is 0 Å². The summed E-state index contributed by atoms with van der Waals surface area (Å²) in [5.74, 6) is 0.803. The maximum atomic E-state index is 12.4. The van der Waals surface area contributed by atoms with Crippen molar-refractivity contribution in [2.75, 3.05) is 6.61 Å². The van der Waals surface area contributed by atoms with Gasteiger partial charge in [0.1, 0.15) is 12.4 Å². The highest BCUT2D eigenvalue weighted by molar-refractivity contribution is 5.94. The number of carbonyl (C=O) groups excluding carboxylic acids is 1. The fourth-order valence-corrected chi connectivity index (χ4v) is 2.06. The Kier molecular flexibility index (Phi) is 5.61. The van der Waals surface area contributed by atoms with E-state index in [9.17, 15) is 4.79 Å². The van der Waals surface area contributed by atoms with Gasteiger partial charge in [-0.2, -0.15) is 0 Å². The molecule has 0 fully saturated rings. The summed E-state index contributed by atoms with van der Waals surface area (Å²) < 4.78 is 5.40. The Labute approximate surface area is 115 Å². The van der Waals surface area contributed by atoms with E-state index in [1.54, 1.807) is 18.2 Å². The normalized spacial score (nSPS) is 10.6. The summed E-state index contributed by atoms with van der Waals surface area (Å²) in [7, 11) is 0. The maximum absolute atomic E-state index is 12.4. The van der Waals surface area contributed by atoms with Gasteiger partial charge in [0.25, 0.3) is 5.91 Å². The molecule has 0 spiro atoms. The van der Waals surface area contributed by atoms with Crippen molar-refractivity contribution in [2.24, 2.45) is 0 Å². The number of amides is 1. The molecule has 0 saturated carbocycles. The first kappa shape index (κ1) is 15.3. The molecule has 0 bridgehead atoms. The minimum Gasteiger partial charge on any atom is -0.490 e. The van der Waals surface area contributed by atoms with Crippen LogP contribution in [0.4, 0.5) is 0 Å². The van der Waals surface area contributed by atoms with Crippen LogP contribution in [0.3, 0.4) is 0 Å².